The van der Waals surface area contributed by atoms with Crippen LogP contribution in [0, 0.1) is 0 Å². The van der Waals surface area contributed by atoms with E-state index in [1.807, 2.05) is 27.7 Å². The highest BCUT2D eigenvalue weighted by atomic mass is 35.5. The third kappa shape index (κ3) is 13.5. The van der Waals surface area contributed by atoms with E-state index in [9.17, 15) is 0 Å². The van der Waals surface area contributed by atoms with Gasteiger partial charge in [-0.2, -0.15) is 0 Å². The van der Waals surface area contributed by atoms with Crippen molar-refractivity contribution in [2.45, 2.75) is 27.7 Å². The molecule has 0 aromatic carbocycles. The van der Waals surface area contributed by atoms with Crippen LogP contribution in [0.15, 0.2) is 18.5 Å². The Hall–Kier alpha value is 1.02. The van der Waals surface area contributed by atoms with Crippen molar-refractivity contribution < 1.29 is 18.9 Å². The summed E-state index contributed by atoms with van der Waals surface area (Å²) < 4.78 is 23.5. The Morgan fingerprint density at radius 3 is 0.900 bits per heavy atom. The third-order valence-corrected chi connectivity index (χ3v) is 8.77. The predicted octanol–water partition coefficient (Wildman–Crippen LogP) is 8.02. The lowest BCUT2D eigenvalue weighted by molar-refractivity contribution is 0.346. The van der Waals surface area contributed by atoms with Crippen molar-refractivity contribution in [1.82, 2.24) is 0 Å². The number of halogens is 2. The highest BCUT2D eigenvalue weighted by molar-refractivity contribution is 8.40. The summed E-state index contributed by atoms with van der Waals surface area (Å²) in [5.41, 5.74) is 0. The molecule has 0 unspecified atom stereocenters. The monoisotopic (exact) mass is 602 g/mol. The van der Waals surface area contributed by atoms with E-state index in [2.05, 4.69) is 0 Å². The van der Waals surface area contributed by atoms with E-state index < -0.39 is 0 Å². The second-order valence-electron chi connectivity index (χ2n) is 4.34. The second-order valence-corrected chi connectivity index (χ2v) is 12.1. The number of rotatable bonds is 9. The van der Waals surface area contributed by atoms with Crippen LogP contribution < -0.4 is 0 Å². The first kappa shape index (κ1) is 31.0. The molecular formula is C16H20Cl2O4S8. The van der Waals surface area contributed by atoms with Gasteiger partial charge in [0, 0.05) is 0 Å². The number of hydrogen-bond acceptors (Lipinski definition) is 12. The van der Waals surface area contributed by atoms with Gasteiger partial charge in [0.15, 0.2) is 0 Å². The molecule has 0 rings (SSSR count). The fourth-order valence-electron chi connectivity index (χ4n) is 1.29. The Balaban J connectivity index is 6.10. The van der Waals surface area contributed by atoms with E-state index in [0.717, 1.165) is 47.0 Å². The van der Waals surface area contributed by atoms with E-state index >= 15 is 0 Å². The molecule has 0 amide bonds. The van der Waals surface area contributed by atoms with E-state index in [0.29, 0.717) is 34.9 Å². The van der Waals surface area contributed by atoms with Crippen molar-refractivity contribution in [3.8, 4) is 0 Å². The molecule has 0 N–H and O–H groups in total. The molecule has 0 aliphatic rings. The predicted molar refractivity (Wildman–Crippen MR) is 153 cm³/mol. The highest BCUT2D eigenvalue weighted by Gasteiger charge is 2.22. The van der Waals surface area contributed by atoms with Crippen LogP contribution in [0.1, 0.15) is 27.7 Å². The standard InChI is InChI=1S/C16H20Cl2O4S8/c1-5-19-13(23)27-11(28-14(24)20-6-2)9(17)10(18)12(29-15(25)21-7-3)30-16(26)22-8-4/h5-8H2,1-4H3. The van der Waals surface area contributed by atoms with Gasteiger partial charge in [0.25, 0.3) is 0 Å². The van der Waals surface area contributed by atoms with Gasteiger partial charge < -0.3 is 18.9 Å². The molecule has 30 heavy (non-hydrogen) atoms. The number of allylic oxidation sites excluding steroid dienone is 2. The Morgan fingerprint density at radius 2 is 0.733 bits per heavy atom. The van der Waals surface area contributed by atoms with Gasteiger partial charge in [-0.3, -0.25) is 0 Å². The van der Waals surface area contributed by atoms with Gasteiger partial charge in [-0.05, 0) is 124 Å². The lowest BCUT2D eigenvalue weighted by Crippen LogP contribution is -2.02. The normalized spacial score (nSPS) is 9.93. The third-order valence-electron chi connectivity index (χ3n) is 2.30. The Bertz CT molecular complexity index is 595. The quantitative estimate of drug-likeness (QED) is 0.189. The summed E-state index contributed by atoms with van der Waals surface area (Å²) in [6.07, 6.45) is 0. The maximum absolute atomic E-state index is 6.62. The molecule has 0 saturated heterocycles. The topological polar surface area (TPSA) is 36.9 Å². The first-order valence-electron chi connectivity index (χ1n) is 8.38. The smallest absolute Gasteiger partial charge is 0.225 e. The molecule has 14 heteroatoms. The Kier molecular flexibility index (Phi) is 19.1. The molecule has 0 fully saturated rings. The molecule has 4 nitrogen and oxygen atoms in total. The summed E-state index contributed by atoms with van der Waals surface area (Å²) in [6, 6.07) is 0. The van der Waals surface area contributed by atoms with Gasteiger partial charge >= 0.3 is 0 Å². The second kappa shape index (κ2) is 18.4. The SMILES string of the molecule is CCOC(=S)SC(SC(=S)OCC)=C(Cl)C(Cl)=C(SC(=S)OCC)SC(=S)OCC. The van der Waals surface area contributed by atoms with Crippen molar-refractivity contribution in [2.75, 3.05) is 26.4 Å². The number of ether oxygens (including phenoxy) is 4. The van der Waals surface area contributed by atoms with Crippen LogP contribution in [0.3, 0.4) is 0 Å². The lowest BCUT2D eigenvalue weighted by Gasteiger charge is -2.14. The number of thioether (sulfide) groups is 4. The van der Waals surface area contributed by atoms with Gasteiger partial charge in [0.2, 0.25) is 17.5 Å². The largest absolute Gasteiger partial charge is 0.479 e. The fraction of sp³-hybridized carbons (Fsp3) is 0.500. The van der Waals surface area contributed by atoms with Crippen molar-refractivity contribution >= 4 is 137 Å². The highest BCUT2D eigenvalue weighted by Crippen LogP contribution is 2.45. The molecule has 0 bridgehead atoms. The van der Waals surface area contributed by atoms with Gasteiger partial charge in [0.1, 0.15) is 0 Å². The Morgan fingerprint density at radius 1 is 0.533 bits per heavy atom. The van der Waals surface area contributed by atoms with E-state index in [4.69, 9.17) is 91.0 Å². The maximum atomic E-state index is 6.62. The molecule has 0 aliphatic heterocycles. The summed E-state index contributed by atoms with van der Waals surface area (Å²) >= 11 is 38.6. The molecule has 0 aromatic heterocycles. The summed E-state index contributed by atoms with van der Waals surface area (Å²) in [7, 11) is 0. The summed E-state index contributed by atoms with van der Waals surface area (Å²) in [4.78, 5) is 0. The lowest BCUT2D eigenvalue weighted by atomic mass is 10.6. The van der Waals surface area contributed by atoms with Crippen LogP contribution in [-0.4, -0.2) is 44.0 Å². The minimum atomic E-state index is 0.198. The molecule has 0 atom stereocenters. The zero-order valence-electron chi connectivity index (χ0n) is 16.5. The molecule has 0 radical (unpaired) electrons. The van der Waals surface area contributed by atoms with Gasteiger partial charge in [-0.25, -0.2) is 0 Å². The zero-order valence-corrected chi connectivity index (χ0v) is 24.5. The average molecular weight is 604 g/mol. The van der Waals surface area contributed by atoms with E-state index in [-0.39, 0.29) is 27.6 Å². The van der Waals surface area contributed by atoms with Crippen molar-refractivity contribution in [3.05, 3.63) is 18.5 Å². The minimum Gasteiger partial charge on any atom is -0.479 e. The molecule has 170 valence electrons. The maximum Gasteiger partial charge on any atom is 0.225 e. The summed E-state index contributed by atoms with van der Waals surface area (Å²) in [5, 5.41) is 0.397. The summed E-state index contributed by atoms with van der Waals surface area (Å²) in [5.74, 6) is 0. The van der Waals surface area contributed by atoms with Gasteiger partial charge in [0.05, 0.1) is 45.0 Å². The van der Waals surface area contributed by atoms with E-state index in [1.54, 1.807) is 0 Å². The minimum absolute atomic E-state index is 0.198. The number of hydrogen-bond donors (Lipinski definition) is 0. The van der Waals surface area contributed by atoms with Crippen LogP contribution in [0.4, 0.5) is 0 Å². The van der Waals surface area contributed by atoms with Crippen molar-refractivity contribution in [2.24, 2.45) is 0 Å². The van der Waals surface area contributed by atoms with Gasteiger partial charge in [-0.15, -0.1) is 0 Å². The fourth-order valence-corrected chi connectivity index (χ4v) is 7.59. The van der Waals surface area contributed by atoms with Crippen LogP contribution in [0.25, 0.3) is 0 Å². The molecule has 0 heterocycles. The van der Waals surface area contributed by atoms with Crippen LogP contribution >= 0.6 is 119 Å². The first-order chi connectivity index (χ1) is 14.2. The molecule has 0 spiro atoms. The molecule has 0 saturated carbocycles. The first-order valence-corrected chi connectivity index (χ1v) is 14.0. The average Bonchev–Trinajstić information content (AvgIpc) is 2.66. The van der Waals surface area contributed by atoms with Crippen molar-refractivity contribution in [3.63, 3.8) is 0 Å². The molecule has 0 aliphatic carbocycles. The number of thiocarbonyl (C=S) groups is 4. The molecular weight excluding hydrogens is 584 g/mol. The molecule has 0 aromatic rings. The van der Waals surface area contributed by atoms with Gasteiger partial charge in [-0.1, -0.05) is 23.2 Å². The van der Waals surface area contributed by atoms with E-state index in [1.165, 1.54) is 0 Å². The zero-order chi connectivity index (χ0) is 23.1. The van der Waals surface area contributed by atoms with Crippen molar-refractivity contribution in [1.29, 1.82) is 0 Å². The van der Waals surface area contributed by atoms with Crippen LogP contribution in [-0.2, 0) is 18.9 Å². The van der Waals surface area contributed by atoms with Crippen LogP contribution in [0.2, 0.25) is 0 Å². The summed E-state index contributed by atoms with van der Waals surface area (Å²) in [6.45, 7) is 9.00. The van der Waals surface area contributed by atoms with Crippen LogP contribution in [0.5, 0.6) is 0 Å². The Labute approximate surface area is 226 Å².